The lowest BCUT2D eigenvalue weighted by Gasteiger charge is -2.28. The first-order chi connectivity index (χ1) is 12.3. The molecule has 0 aromatic heterocycles. The minimum absolute atomic E-state index is 0.381. The van der Waals surface area contributed by atoms with Crippen molar-refractivity contribution >= 4 is 39.1 Å². The summed E-state index contributed by atoms with van der Waals surface area (Å²) in [4.78, 5) is 13.7. The fraction of sp³-hybridized carbons (Fsp3) is 0.316. The number of hydrogen-bond donors (Lipinski definition) is 1. The van der Waals surface area contributed by atoms with Gasteiger partial charge in [-0.1, -0.05) is 25.1 Å². The molecule has 0 aliphatic carbocycles. The lowest BCUT2D eigenvalue weighted by atomic mass is 10.1. The predicted octanol–water partition coefficient (Wildman–Crippen LogP) is 3.76. The van der Waals surface area contributed by atoms with Gasteiger partial charge in [0.25, 0.3) is 0 Å². The number of hydrogen-bond acceptors (Lipinski definition) is 4. The van der Waals surface area contributed by atoms with Crippen LogP contribution in [0.25, 0.3) is 0 Å². The topological polar surface area (TPSA) is 66.5 Å². The van der Waals surface area contributed by atoms with E-state index in [0.717, 1.165) is 27.4 Å². The van der Waals surface area contributed by atoms with Crippen molar-refractivity contribution in [1.29, 1.82) is 0 Å². The van der Waals surface area contributed by atoms with Crippen LogP contribution in [0.2, 0.25) is 0 Å². The minimum atomic E-state index is -3.62. The Kier molecular flexibility index (Phi) is 6.72. The van der Waals surface area contributed by atoms with Crippen LogP contribution in [0.3, 0.4) is 0 Å². The molecule has 0 bridgehead atoms. The maximum atomic E-state index is 12.7. The van der Waals surface area contributed by atoms with E-state index in [0.29, 0.717) is 11.4 Å². The van der Waals surface area contributed by atoms with Crippen LogP contribution in [0.15, 0.2) is 53.4 Å². The van der Waals surface area contributed by atoms with Gasteiger partial charge in [0.1, 0.15) is 6.04 Å². The number of rotatable bonds is 7. The van der Waals surface area contributed by atoms with Gasteiger partial charge in [-0.3, -0.25) is 9.10 Å². The van der Waals surface area contributed by atoms with Crippen LogP contribution in [0.4, 0.5) is 11.4 Å². The molecule has 1 N–H and O–H groups in total. The summed E-state index contributed by atoms with van der Waals surface area (Å²) in [6, 6.07) is 13.8. The first-order valence-electron chi connectivity index (χ1n) is 8.29. The van der Waals surface area contributed by atoms with Gasteiger partial charge in [0.15, 0.2) is 0 Å². The quantitative estimate of drug-likeness (QED) is 0.729. The molecule has 0 saturated carbocycles. The second-order valence-electron chi connectivity index (χ2n) is 5.98. The number of anilines is 2. The summed E-state index contributed by atoms with van der Waals surface area (Å²) in [5, 5.41) is 2.80. The normalized spacial score (nSPS) is 12.5. The number of carbonyl (C=O) groups is 1. The van der Waals surface area contributed by atoms with E-state index in [9.17, 15) is 13.2 Å². The summed E-state index contributed by atoms with van der Waals surface area (Å²) < 4.78 is 25.8. The van der Waals surface area contributed by atoms with Gasteiger partial charge >= 0.3 is 0 Å². The number of aryl methyl sites for hydroxylation is 1. The van der Waals surface area contributed by atoms with Gasteiger partial charge in [0.05, 0.1) is 11.9 Å². The molecule has 5 nitrogen and oxygen atoms in total. The highest BCUT2D eigenvalue weighted by Crippen LogP contribution is 2.23. The molecular weight excluding hydrogens is 368 g/mol. The Morgan fingerprint density at radius 1 is 1.19 bits per heavy atom. The SMILES string of the molecule is CCc1ccc(N(C(C)C(=O)Nc2cccc(SC)c2)S(C)(=O)=O)cc1. The Hall–Kier alpha value is -1.99. The average molecular weight is 393 g/mol. The van der Waals surface area contributed by atoms with Gasteiger partial charge in [-0.05, 0) is 55.5 Å². The fourth-order valence-corrected chi connectivity index (χ4v) is 4.27. The van der Waals surface area contributed by atoms with Crippen LogP contribution in [0.5, 0.6) is 0 Å². The highest BCUT2D eigenvalue weighted by molar-refractivity contribution is 7.98. The van der Waals surface area contributed by atoms with Crippen LogP contribution in [0.1, 0.15) is 19.4 Å². The summed E-state index contributed by atoms with van der Waals surface area (Å²) >= 11 is 1.57. The molecule has 0 heterocycles. The van der Waals surface area contributed by atoms with Gasteiger partial charge < -0.3 is 5.32 Å². The van der Waals surface area contributed by atoms with Gasteiger partial charge in [-0.15, -0.1) is 11.8 Å². The van der Waals surface area contributed by atoms with Crippen molar-refractivity contribution in [3.63, 3.8) is 0 Å². The molecule has 0 radical (unpaired) electrons. The van der Waals surface area contributed by atoms with Crippen molar-refractivity contribution in [3.8, 4) is 0 Å². The Balaban J connectivity index is 2.27. The van der Waals surface area contributed by atoms with Gasteiger partial charge in [-0.25, -0.2) is 8.42 Å². The number of benzene rings is 2. The molecule has 2 aromatic carbocycles. The second kappa shape index (κ2) is 8.60. The highest BCUT2D eigenvalue weighted by atomic mass is 32.2. The monoisotopic (exact) mass is 392 g/mol. The molecule has 2 rings (SSSR count). The summed E-state index contributed by atoms with van der Waals surface area (Å²) in [5.74, 6) is -0.381. The number of carbonyl (C=O) groups excluding carboxylic acids is 1. The minimum Gasteiger partial charge on any atom is -0.324 e. The van der Waals surface area contributed by atoms with Crippen LogP contribution >= 0.6 is 11.8 Å². The smallest absolute Gasteiger partial charge is 0.247 e. The molecule has 2 aromatic rings. The predicted molar refractivity (Wildman–Crippen MR) is 109 cm³/mol. The molecule has 0 fully saturated rings. The van der Waals surface area contributed by atoms with Crippen LogP contribution in [-0.2, 0) is 21.2 Å². The molecule has 1 unspecified atom stereocenters. The van der Waals surface area contributed by atoms with E-state index in [-0.39, 0.29) is 5.91 Å². The number of thioether (sulfide) groups is 1. The first-order valence-corrected chi connectivity index (χ1v) is 11.4. The largest absolute Gasteiger partial charge is 0.324 e. The Morgan fingerprint density at radius 3 is 2.38 bits per heavy atom. The highest BCUT2D eigenvalue weighted by Gasteiger charge is 2.29. The van der Waals surface area contributed by atoms with E-state index < -0.39 is 16.1 Å². The third kappa shape index (κ3) is 5.02. The molecule has 1 atom stereocenters. The molecule has 0 aliphatic rings. The zero-order valence-electron chi connectivity index (χ0n) is 15.4. The Bertz CT molecular complexity index is 865. The van der Waals surface area contributed by atoms with Crippen molar-refractivity contribution in [1.82, 2.24) is 0 Å². The molecule has 140 valence electrons. The summed E-state index contributed by atoms with van der Waals surface area (Å²) in [5.41, 5.74) is 2.22. The third-order valence-corrected chi connectivity index (χ3v) is 5.99. The zero-order valence-corrected chi connectivity index (χ0v) is 17.0. The Labute approximate surface area is 159 Å². The van der Waals surface area contributed by atoms with Crippen molar-refractivity contribution in [2.24, 2.45) is 0 Å². The molecular formula is C19H24N2O3S2. The third-order valence-electron chi connectivity index (χ3n) is 4.02. The number of nitrogens with zero attached hydrogens (tertiary/aromatic N) is 1. The zero-order chi connectivity index (χ0) is 19.3. The van der Waals surface area contributed by atoms with Gasteiger partial charge in [0.2, 0.25) is 15.9 Å². The standard InChI is InChI=1S/C19H24N2O3S2/c1-5-15-9-11-17(12-10-15)21(26(4,23)24)14(2)19(22)20-16-7-6-8-18(13-16)25-3/h6-14H,5H2,1-4H3,(H,20,22). The number of amides is 1. The fourth-order valence-electron chi connectivity index (χ4n) is 2.63. The van der Waals surface area contributed by atoms with Crippen molar-refractivity contribution < 1.29 is 13.2 Å². The Morgan fingerprint density at radius 2 is 1.85 bits per heavy atom. The molecule has 26 heavy (non-hydrogen) atoms. The number of sulfonamides is 1. The molecule has 1 amide bonds. The van der Waals surface area contributed by atoms with Crippen LogP contribution in [-0.4, -0.2) is 32.9 Å². The first kappa shape index (κ1) is 20.3. The molecule has 0 aliphatic heterocycles. The lowest BCUT2D eigenvalue weighted by Crippen LogP contribution is -2.45. The van der Waals surface area contributed by atoms with Crippen molar-refractivity contribution in [2.45, 2.75) is 31.2 Å². The second-order valence-corrected chi connectivity index (χ2v) is 8.72. The van der Waals surface area contributed by atoms with E-state index >= 15 is 0 Å². The van der Waals surface area contributed by atoms with E-state index in [1.807, 2.05) is 43.5 Å². The van der Waals surface area contributed by atoms with E-state index in [2.05, 4.69) is 5.32 Å². The molecule has 0 spiro atoms. The average Bonchev–Trinajstić information content (AvgIpc) is 2.61. The van der Waals surface area contributed by atoms with Crippen LogP contribution < -0.4 is 9.62 Å². The molecule has 0 saturated heterocycles. The summed E-state index contributed by atoms with van der Waals surface area (Å²) in [7, 11) is -3.62. The number of nitrogens with one attached hydrogen (secondary N) is 1. The van der Waals surface area contributed by atoms with Crippen molar-refractivity contribution in [3.05, 3.63) is 54.1 Å². The lowest BCUT2D eigenvalue weighted by molar-refractivity contribution is -0.116. The van der Waals surface area contributed by atoms with Crippen molar-refractivity contribution in [2.75, 3.05) is 22.1 Å². The van der Waals surface area contributed by atoms with E-state index in [1.54, 1.807) is 36.9 Å². The maximum absolute atomic E-state index is 12.7. The van der Waals surface area contributed by atoms with Gasteiger partial charge in [0, 0.05) is 10.6 Å². The van der Waals surface area contributed by atoms with Gasteiger partial charge in [-0.2, -0.15) is 0 Å². The van der Waals surface area contributed by atoms with Crippen LogP contribution in [0, 0.1) is 0 Å². The summed E-state index contributed by atoms with van der Waals surface area (Å²) in [6.45, 7) is 3.62. The summed E-state index contributed by atoms with van der Waals surface area (Å²) in [6.07, 6.45) is 3.93. The van der Waals surface area contributed by atoms with E-state index in [1.165, 1.54) is 0 Å². The maximum Gasteiger partial charge on any atom is 0.247 e. The molecule has 7 heteroatoms. The van der Waals surface area contributed by atoms with E-state index in [4.69, 9.17) is 0 Å².